The second-order valence-corrected chi connectivity index (χ2v) is 5.50. The highest BCUT2D eigenvalue weighted by atomic mass is 16.5. The van der Waals surface area contributed by atoms with Crippen molar-refractivity contribution in [2.45, 2.75) is 51.9 Å². The fourth-order valence-corrected chi connectivity index (χ4v) is 2.14. The summed E-state index contributed by atoms with van der Waals surface area (Å²) in [5, 5.41) is 11.3. The van der Waals surface area contributed by atoms with Crippen LogP contribution in [0.2, 0.25) is 0 Å². The molecule has 0 heterocycles. The van der Waals surface area contributed by atoms with Crippen LogP contribution >= 0.6 is 0 Å². The molecule has 0 aliphatic rings. The summed E-state index contributed by atoms with van der Waals surface area (Å²) in [6.45, 7) is 3.25. The van der Waals surface area contributed by atoms with Gasteiger partial charge in [0.15, 0.2) is 0 Å². The van der Waals surface area contributed by atoms with Gasteiger partial charge in [0.2, 0.25) is 5.91 Å². The zero-order valence-corrected chi connectivity index (χ0v) is 13.8. The van der Waals surface area contributed by atoms with E-state index in [2.05, 4.69) is 12.2 Å². The van der Waals surface area contributed by atoms with Crippen molar-refractivity contribution < 1.29 is 19.4 Å². The third-order valence-corrected chi connectivity index (χ3v) is 3.54. The fraction of sp³-hybridized carbons (Fsp3) is 0.556. The molecular formula is C18H27NO4. The molecule has 0 saturated heterocycles. The molecule has 23 heavy (non-hydrogen) atoms. The summed E-state index contributed by atoms with van der Waals surface area (Å²) in [4.78, 5) is 22.0. The van der Waals surface area contributed by atoms with Crippen LogP contribution in [0.5, 0.6) is 5.75 Å². The zero-order valence-electron chi connectivity index (χ0n) is 13.8. The average molecular weight is 321 g/mol. The SMILES string of the molecule is CCc1ccc(OCCCC(=O)NCCCCCC(=O)O)cc1. The first-order chi connectivity index (χ1) is 11.1. The number of nitrogens with one attached hydrogen (secondary N) is 1. The molecule has 0 unspecified atom stereocenters. The monoisotopic (exact) mass is 321 g/mol. The Balaban J connectivity index is 2.00. The molecule has 0 aliphatic carbocycles. The lowest BCUT2D eigenvalue weighted by molar-refractivity contribution is -0.137. The Bertz CT molecular complexity index is 470. The van der Waals surface area contributed by atoms with Crippen LogP contribution in [0, 0.1) is 0 Å². The van der Waals surface area contributed by atoms with Crippen molar-refractivity contribution in [3.8, 4) is 5.75 Å². The molecule has 1 rings (SSSR count). The molecule has 0 aromatic heterocycles. The smallest absolute Gasteiger partial charge is 0.303 e. The summed E-state index contributed by atoms with van der Waals surface area (Å²) in [5.74, 6) is 0.0903. The number of aliphatic carboxylic acids is 1. The number of carbonyl (C=O) groups is 2. The Morgan fingerprint density at radius 2 is 1.78 bits per heavy atom. The van der Waals surface area contributed by atoms with E-state index < -0.39 is 5.97 Å². The van der Waals surface area contributed by atoms with Crippen molar-refractivity contribution in [3.63, 3.8) is 0 Å². The molecule has 0 bridgehead atoms. The van der Waals surface area contributed by atoms with Crippen molar-refractivity contribution >= 4 is 11.9 Å². The molecule has 1 amide bonds. The number of carboxylic acid groups (broad SMARTS) is 1. The minimum absolute atomic E-state index is 0.0214. The second kappa shape index (κ2) is 11.5. The van der Waals surface area contributed by atoms with Gasteiger partial charge in [0.25, 0.3) is 0 Å². The van der Waals surface area contributed by atoms with Gasteiger partial charge in [-0.1, -0.05) is 25.5 Å². The minimum atomic E-state index is -0.765. The summed E-state index contributed by atoms with van der Waals surface area (Å²) in [6.07, 6.45) is 4.64. The van der Waals surface area contributed by atoms with Gasteiger partial charge >= 0.3 is 5.97 Å². The molecule has 1 aromatic rings. The van der Waals surface area contributed by atoms with Gasteiger partial charge in [-0.2, -0.15) is 0 Å². The maximum absolute atomic E-state index is 11.6. The highest BCUT2D eigenvalue weighted by molar-refractivity contribution is 5.75. The van der Waals surface area contributed by atoms with Gasteiger partial charge in [0.1, 0.15) is 5.75 Å². The highest BCUT2D eigenvalue weighted by Crippen LogP contribution is 2.12. The number of ether oxygens (including phenoxy) is 1. The van der Waals surface area contributed by atoms with Crippen molar-refractivity contribution in [2.75, 3.05) is 13.2 Å². The molecule has 0 aliphatic heterocycles. The van der Waals surface area contributed by atoms with Crippen LogP contribution in [-0.2, 0) is 16.0 Å². The number of hydrogen-bond donors (Lipinski definition) is 2. The molecule has 0 fully saturated rings. The van der Waals surface area contributed by atoms with Crippen molar-refractivity contribution in [3.05, 3.63) is 29.8 Å². The first-order valence-electron chi connectivity index (χ1n) is 8.32. The predicted octanol–water partition coefficient (Wildman–Crippen LogP) is 3.17. The molecule has 0 atom stereocenters. The molecule has 2 N–H and O–H groups in total. The van der Waals surface area contributed by atoms with Crippen LogP contribution in [0.25, 0.3) is 0 Å². The number of aryl methyl sites for hydroxylation is 1. The van der Waals surface area contributed by atoms with Crippen LogP contribution in [0.15, 0.2) is 24.3 Å². The minimum Gasteiger partial charge on any atom is -0.494 e. The van der Waals surface area contributed by atoms with E-state index in [0.29, 0.717) is 32.4 Å². The van der Waals surface area contributed by atoms with E-state index in [1.165, 1.54) is 5.56 Å². The molecular weight excluding hydrogens is 294 g/mol. The number of benzene rings is 1. The van der Waals surface area contributed by atoms with Crippen LogP contribution in [0.3, 0.4) is 0 Å². The molecule has 0 radical (unpaired) electrons. The van der Waals surface area contributed by atoms with E-state index >= 15 is 0 Å². The summed E-state index contributed by atoms with van der Waals surface area (Å²) < 4.78 is 5.60. The van der Waals surface area contributed by atoms with Crippen molar-refractivity contribution in [2.24, 2.45) is 0 Å². The van der Waals surface area contributed by atoms with Crippen LogP contribution in [-0.4, -0.2) is 30.1 Å². The standard InChI is InChI=1S/C18H27NO4/c1-2-15-9-11-16(12-10-15)23-14-6-7-17(20)19-13-5-3-4-8-18(21)22/h9-12H,2-8,13-14H2,1H3,(H,19,20)(H,21,22). The lowest BCUT2D eigenvalue weighted by Gasteiger charge is -2.07. The average Bonchev–Trinajstić information content (AvgIpc) is 2.55. The summed E-state index contributed by atoms with van der Waals surface area (Å²) >= 11 is 0. The second-order valence-electron chi connectivity index (χ2n) is 5.50. The largest absolute Gasteiger partial charge is 0.494 e. The van der Waals surface area contributed by atoms with Crippen LogP contribution in [0.1, 0.15) is 51.0 Å². The third-order valence-electron chi connectivity index (χ3n) is 3.54. The van der Waals surface area contributed by atoms with Crippen molar-refractivity contribution in [1.29, 1.82) is 0 Å². The molecule has 128 valence electrons. The van der Waals surface area contributed by atoms with E-state index in [9.17, 15) is 9.59 Å². The first-order valence-corrected chi connectivity index (χ1v) is 8.32. The van der Waals surface area contributed by atoms with Crippen LogP contribution < -0.4 is 10.1 Å². The van der Waals surface area contributed by atoms with Crippen LogP contribution in [0.4, 0.5) is 0 Å². The molecule has 0 saturated carbocycles. The van der Waals surface area contributed by atoms with Gasteiger partial charge < -0.3 is 15.2 Å². The maximum atomic E-state index is 11.6. The molecule has 5 heteroatoms. The number of unbranched alkanes of at least 4 members (excludes halogenated alkanes) is 2. The molecule has 5 nitrogen and oxygen atoms in total. The van der Waals surface area contributed by atoms with Gasteiger partial charge in [-0.3, -0.25) is 9.59 Å². The molecule has 0 spiro atoms. The summed E-state index contributed by atoms with van der Waals surface area (Å²) in [5.41, 5.74) is 1.28. The topological polar surface area (TPSA) is 75.6 Å². The number of amides is 1. The normalized spacial score (nSPS) is 10.3. The first kappa shape index (κ1) is 19.0. The van der Waals surface area contributed by atoms with Crippen molar-refractivity contribution in [1.82, 2.24) is 5.32 Å². The zero-order chi connectivity index (χ0) is 16.9. The predicted molar refractivity (Wildman–Crippen MR) is 89.7 cm³/mol. The third kappa shape index (κ3) is 9.55. The maximum Gasteiger partial charge on any atom is 0.303 e. The Morgan fingerprint density at radius 1 is 1.04 bits per heavy atom. The highest BCUT2D eigenvalue weighted by Gasteiger charge is 2.02. The van der Waals surface area contributed by atoms with Gasteiger partial charge in [-0.15, -0.1) is 0 Å². The van der Waals surface area contributed by atoms with E-state index in [1.54, 1.807) is 0 Å². The van der Waals surface area contributed by atoms with E-state index in [1.807, 2.05) is 24.3 Å². The summed E-state index contributed by atoms with van der Waals surface area (Å²) in [6, 6.07) is 8.00. The lowest BCUT2D eigenvalue weighted by atomic mass is 10.2. The lowest BCUT2D eigenvalue weighted by Crippen LogP contribution is -2.24. The Labute approximate surface area is 138 Å². The Hall–Kier alpha value is -2.04. The van der Waals surface area contributed by atoms with Gasteiger partial charge in [-0.25, -0.2) is 0 Å². The summed E-state index contributed by atoms with van der Waals surface area (Å²) in [7, 11) is 0. The molecule has 1 aromatic carbocycles. The number of rotatable bonds is 12. The Morgan fingerprint density at radius 3 is 2.43 bits per heavy atom. The van der Waals surface area contributed by atoms with Gasteiger partial charge in [0.05, 0.1) is 6.61 Å². The number of carboxylic acids is 1. The van der Waals surface area contributed by atoms with E-state index in [-0.39, 0.29) is 12.3 Å². The fourth-order valence-electron chi connectivity index (χ4n) is 2.14. The quantitative estimate of drug-likeness (QED) is 0.580. The number of hydrogen-bond acceptors (Lipinski definition) is 3. The number of carbonyl (C=O) groups excluding carboxylic acids is 1. The van der Waals surface area contributed by atoms with E-state index in [4.69, 9.17) is 9.84 Å². The van der Waals surface area contributed by atoms with E-state index in [0.717, 1.165) is 25.0 Å². The van der Waals surface area contributed by atoms with Gasteiger partial charge in [0, 0.05) is 19.4 Å². The Kier molecular flexibility index (Phi) is 9.52. The van der Waals surface area contributed by atoms with Gasteiger partial charge in [-0.05, 0) is 43.4 Å².